The number of carboxylic acids is 1. The molecule has 2 unspecified atom stereocenters. The first-order valence-electron chi connectivity index (χ1n) is 8.23. The van der Waals surface area contributed by atoms with Crippen molar-refractivity contribution in [1.29, 1.82) is 0 Å². The average molecular weight is 319 g/mol. The van der Waals surface area contributed by atoms with Gasteiger partial charge in [0.15, 0.2) is 6.10 Å². The molecule has 1 aliphatic heterocycles. The third-order valence-corrected chi connectivity index (χ3v) is 4.28. The fourth-order valence-corrected chi connectivity index (χ4v) is 2.99. The van der Waals surface area contributed by atoms with Gasteiger partial charge in [0.2, 0.25) is 0 Å². The van der Waals surface area contributed by atoms with E-state index in [9.17, 15) is 9.59 Å². The Morgan fingerprint density at radius 1 is 1.30 bits per heavy atom. The van der Waals surface area contributed by atoms with Gasteiger partial charge in [-0.25, -0.2) is 0 Å². The molecule has 0 aromatic heterocycles. The second-order valence-electron chi connectivity index (χ2n) is 6.19. The maximum absolute atomic E-state index is 12.7. The van der Waals surface area contributed by atoms with Gasteiger partial charge < -0.3 is 14.7 Å². The SMILES string of the molecule is Cc1ccc(OC(C)C(=O)N2CCCCC2CCC(=O)O)cc1. The number of rotatable bonds is 6. The molecule has 1 heterocycles. The van der Waals surface area contributed by atoms with Gasteiger partial charge in [0, 0.05) is 19.0 Å². The molecule has 1 amide bonds. The van der Waals surface area contributed by atoms with E-state index in [-0.39, 0.29) is 18.4 Å². The fourth-order valence-electron chi connectivity index (χ4n) is 2.99. The number of carbonyl (C=O) groups is 2. The number of nitrogens with zero attached hydrogens (tertiary/aromatic N) is 1. The van der Waals surface area contributed by atoms with E-state index in [4.69, 9.17) is 9.84 Å². The summed E-state index contributed by atoms with van der Waals surface area (Å²) in [6, 6.07) is 7.62. The second kappa shape index (κ2) is 7.99. The maximum Gasteiger partial charge on any atom is 0.303 e. The Bertz CT molecular complexity index is 540. The van der Waals surface area contributed by atoms with E-state index in [2.05, 4.69) is 0 Å². The molecule has 5 nitrogen and oxygen atoms in total. The Morgan fingerprint density at radius 2 is 2.00 bits per heavy atom. The van der Waals surface area contributed by atoms with Crippen LogP contribution in [0.4, 0.5) is 0 Å². The highest BCUT2D eigenvalue weighted by atomic mass is 16.5. The number of carboxylic acid groups (broad SMARTS) is 1. The van der Waals surface area contributed by atoms with Gasteiger partial charge in [-0.1, -0.05) is 17.7 Å². The van der Waals surface area contributed by atoms with Crippen LogP contribution in [-0.2, 0) is 9.59 Å². The lowest BCUT2D eigenvalue weighted by atomic mass is 9.97. The van der Waals surface area contributed by atoms with Crippen LogP contribution in [0.25, 0.3) is 0 Å². The van der Waals surface area contributed by atoms with Crippen LogP contribution >= 0.6 is 0 Å². The number of benzene rings is 1. The third-order valence-electron chi connectivity index (χ3n) is 4.28. The zero-order valence-electron chi connectivity index (χ0n) is 13.8. The molecule has 0 saturated carbocycles. The molecule has 5 heteroatoms. The number of likely N-dealkylation sites (tertiary alicyclic amines) is 1. The molecular weight excluding hydrogens is 294 g/mol. The highest BCUT2D eigenvalue weighted by molar-refractivity contribution is 5.81. The predicted octanol–water partition coefficient (Wildman–Crippen LogP) is 3.01. The molecule has 0 bridgehead atoms. The van der Waals surface area contributed by atoms with Crippen molar-refractivity contribution in [2.24, 2.45) is 0 Å². The summed E-state index contributed by atoms with van der Waals surface area (Å²) in [7, 11) is 0. The fraction of sp³-hybridized carbons (Fsp3) is 0.556. The number of hydrogen-bond acceptors (Lipinski definition) is 3. The minimum absolute atomic E-state index is 0.0106. The quantitative estimate of drug-likeness (QED) is 0.875. The van der Waals surface area contributed by atoms with Crippen molar-refractivity contribution in [3.8, 4) is 5.75 Å². The Balaban J connectivity index is 1.97. The van der Waals surface area contributed by atoms with Crippen LogP contribution in [0.15, 0.2) is 24.3 Å². The number of amides is 1. The minimum Gasteiger partial charge on any atom is -0.481 e. The van der Waals surface area contributed by atoms with E-state index >= 15 is 0 Å². The first-order valence-corrected chi connectivity index (χ1v) is 8.23. The molecule has 2 rings (SSSR count). The van der Waals surface area contributed by atoms with Gasteiger partial charge in [-0.2, -0.15) is 0 Å². The van der Waals surface area contributed by atoms with Gasteiger partial charge in [-0.3, -0.25) is 9.59 Å². The zero-order valence-corrected chi connectivity index (χ0v) is 13.8. The zero-order chi connectivity index (χ0) is 16.8. The summed E-state index contributed by atoms with van der Waals surface area (Å²) in [6.45, 7) is 4.44. The van der Waals surface area contributed by atoms with Crippen LogP contribution in [0, 0.1) is 6.92 Å². The summed E-state index contributed by atoms with van der Waals surface area (Å²) in [5.41, 5.74) is 1.14. The summed E-state index contributed by atoms with van der Waals surface area (Å²) < 4.78 is 5.75. The van der Waals surface area contributed by atoms with Crippen molar-refractivity contribution in [3.05, 3.63) is 29.8 Å². The number of hydrogen-bond donors (Lipinski definition) is 1. The lowest BCUT2D eigenvalue weighted by molar-refractivity contribution is -0.144. The number of piperidine rings is 1. The molecule has 1 aromatic rings. The maximum atomic E-state index is 12.7. The van der Waals surface area contributed by atoms with Gasteiger partial charge in [0.25, 0.3) is 5.91 Å². The van der Waals surface area contributed by atoms with Crippen molar-refractivity contribution >= 4 is 11.9 Å². The monoisotopic (exact) mass is 319 g/mol. The molecule has 1 aromatic carbocycles. The highest BCUT2D eigenvalue weighted by Crippen LogP contribution is 2.23. The number of aryl methyl sites for hydroxylation is 1. The molecule has 0 aliphatic carbocycles. The molecule has 1 fully saturated rings. The number of aliphatic carboxylic acids is 1. The van der Waals surface area contributed by atoms with Gasteiger partial charge in [-0.15, -0.1) is 0 Å². The van der Waals surface area contributed by atoms with E-state index in [0.717, 1.165) is 24.8 Å². The second-order valence-corrected chi connectivity index (χ2v) is 6.19. The van der Waals surface area contributed by atoms with Crippen LogP contribution in [0.3, 0.4) is 0 Å². The van der Waals surface area contributed by atoms with Gasteiger partial charge in [0.1, 0.15) is 5.75 Å². The lowest BCUT2D eigenvalue weighted by Crippen LogP contribution is -2.49. The smallest absolute Gasteiger partial charge is 0.303 e. The first kappa shape index (κ1) is 17.3. The standard InChI is InChI=1S/C18H25NO4/c1-13-6-9-16(10-7-13)23-14(2)18(22)19-12-4-3-5-15(19)8-11-17(20)21/h6-7,9-10,14-15H,3-5,8,11-12H2,1-2H3,(H,20,21). The topological polar surface area (TPSA) is 66.8 Å². The van der Waals surface area contributed by atoms with Crippen molar-refractivity contribution < 1.29 is 19.4 Å². The summed E-state index contributed by atoms with van der Waals surface area (Å²) in [5.74, 6) is -0.192. The molecule has 0 radical (unpaired) electrons. The summed E-state index contributed by atoms with van der Waals surface area (Å²) in [5, 5.41) is 8.87. The molecule has 126 valence electrons. The molecule has 0 spiro atoms. The van der Waals surface area contributed by atoms with Gasteiger partial charge in [0.05, 0.1) is 0 Å². The minimum atomic E-state index is -0.813. The Kier molecular flexibility index (Phi) is 6.02. The van der Waals surface area contributed by atoms with Crippen molar-refractivity contribution in [2.75, 3.05) is 6.54 Å². The average Bonchev–Trinajstić information content (AvgIpc) is 2.54. The van der Waals surface area contributed by atoms with Crippen LogP contribution in [-0.4, -0.2) is 40.6 Å². The molecule has 23 heavy (non-hydrogen) atoms. The van der Waals surface area contributed by atoms with E-state index < -0.39 is 12.1 Å². The normalized spacial score (nSPS) is 19.2. The Morgan fingerprint density at radius 3 is 2.65 bits per heavy atom. The predicted molar refractivity (Wildman–Crippen MR) is 87.5 cm³/mol. The van der Waals surface area contributed by atoms with Crippen molar-refractivity contribution in [2.45, 2.75) is 58.1 Å². The number of carbonyl (C=O) groups excluding carboxylic acids is 1. The van der Waals surface area contributed by atoms with Gasteiger partial charge in [-0.05, 0) is 51.7 Å². The first-order chi connectivity index (χ1) is 11.0. The van der Waals surface area contributed by atoms with E-state index in [1.807, 2.05) is 36.1 Å². The van der Waals surface area contributed by atoms with Crippen LogP contribution in [0.2, 0.25) is 0 Å². The Hall–Kier alpha value is -2.04. The summed E-state index contributed by atoms with van der Waals surface area (Å²) in [4.78, 5) is 25.3. The molecular formula is C18H25NO4. The third kappa shape index (κ3) is 4.98. The van der Waals surface area contributed by atoms with Crippen molar-refractivity contribution in [1.82, 2.24) is 4.90 Å². The number of ether oxygens (including phenoxy) is 1. The van der Waals surface area contributed by atoms with Gasteiger partial charge >= 0.3 is 5.97 Å². The lowest BCUT2D eigenvalue weighted by Gasteiger charge is -2.37. The summed E-state index contributed by atoms with van der Waals surface area (Å²) in [6.07, 6.45) is 2.92. The van der Waals surface area contributed by atoms with E-state index in [1.165, 1.54) is 0 Å². The van der Waals surface area contributed by atoms with Crippen LogP contribution < -0.4 is 4.74 Å². The Labute approximate surface area is 137 Å². The summed E-state index contributed by atoms with van der Waals surface area (Å²) >= 11 is 0. The van der Waals surface area contributed by atoms with Crippen molar-refractivity contribution in [3.63, 3.8) is 0 Å². The van der Waals surface area contributed by atoms with E-state index in [1.54, 1.807) is 6.92 Å². The molecule has 1 N–H and O–H groups in total. The van der Waals surface area contributed by atoms with Crippen LogP contribution in [0.5, 0.6) is 5.75 Å². The van der Waals surface area contributed by atoms with E-state index in [0.29, 0.717) is 18.7 Å². The highest BCUT2D eigenvalue weighted by Gasteiger charge is 2.30. The molecule has 1 saturated heterocycles. The van der Waals surface area contributed by atoms with Crippen LogP contribution in [0.1, 0.15) is 44.6 Å². The molecule has 2 atom stereocenters. The largest absolute Gasteiger partial charge is 0.481 e. The molecule has 1 aliphatic rings.